The van der Waals surface area contributed by atoms with Crippen molar-refractivity contribution in [2.24, 2.45) is 0 Å². The molecular formula is C23H21F2N3O2. The zero-order valence-electron chi connectivity index (χ0n) is 16.5. The van der Waals surface area contributed by atoms with Crippen LogP contribution in [0.1, 0.15) is 32.4 Å². The molecule has 154 valence electrons. The third-order valence-electron chi connectivity index (χ3n) is 4.53. The van der Waals surface area contributed by atoms with Gasteiger partial charge in [0, 0.05) is 19.8 Å². The first-order valence-corrected chi connectivity index (χ1v) is 9.25. The molecule has 0 saturated carbocycles. The molecule has 0 bridgehead atoms. The minimum absolute atomic E-state index is 0.160. The Balaban J connectivity index is 1.90. The Morgan fingerprint density at radius 1 is 0.733 bits per heavy atom. The molecule has 30 heavy (non-hydrogen) atoms. The fourth-order valence-corrected chi connectivity index (χ4v) is 2.88. The van der Waals surface area contributed by atoms with Crippen LogP contribution in [0.3, 0.4) is 0 Å². The van der Waals surface area contributed by atoms with Gasteiger partial charge in [0.2, 0.25) is 0 Å². The summed E-state index contributed by atoms with van der Waals surface area (Å²) in [5.41, 5.74) is 1.15. The van der Waals surface area contributed by atoms with E-state index in [1.165, 1.54) is 48.5 Å². The van der Waals surface area contributed by atoms with Crippen molar-refractivity contribution in [2.45, 2.75) is 6.17 Å². The summed E-state index contributed by atoms with van der Waals surface area (Å²) in [4.78, 5) is 27.1. The highest BCUT2D eigenvalue weighted by Gasteiger charge is 2.22. The minimum atomic E-state index is -1.000. The fraction of sp³-hybridized carbons (Fsp3) is 0.130. The molecule has 3 aromatic carbocycles. The second-order valence-corrected chi connectivity index (χ2v) is 6.83. The second kappa shape index (κ2) is 9.17. The standard InChI is InChI=1S/C23H21F2N3O2/c1-28(2)16-13-11-15(12-14-16)21(26-22(29)17-7-3-5-9-19(17)24)27-23(30)18-8-4-6-10-20(18)25/h3-14,21H,1-2H3,(H,26,29)(H,27,30). The molecule has 5 nitrogen and oxygen atoms in total. The molecule has 0 aliphatic carbocycles. The molecule has 0 spiro atoms. The summed E-state index contributed by atoms with van der Waals surface area (Å²) in [6, 6.07) is 18.1. The number of anilines is 1. The third-order valence-corrected chi connectivity index (χ3v) is 4.53. The van der Waals surface area contributed by atoms with Crippen LogP contribution in [-0.2, 0) is 0 Å². The van der Waals surface area contributed by atoms with Crippen molar-refractivity contribution < 1.29 is 18.4 Å². The Hall–Kier alpha value is -3.74. The van der Waals surface area contributed by atoms with Gasteiger partial charge < -0.3 is 15.5 Å². The highest BCUT2D eigenvalue weighted by Crippen LogP contribution is 2.19. The van der Waals surface area contributed by atoms with Gasteiger partial charge >= 0.3 is 0 Å². The molecule has 3 rings (SSSR count). The summed E-state index contributed by atoms with van der Waals surface area (Å²) in [5.74, 6) is -2.78. The number of rotatable bonds is 6. The van der Waals surface area contributed by atoms with Gasteiger partial charge in [-0.3, -0.25) is 9.59 Å². The number of halogens is 2. The molecule has 0 fully saturated rings. The number of carbonyl (C=O) groups is 2. The van der Waals surface area contributed by atoms with Crippen molar-refractivity contribution in [1.82, 2.24) is 10.6 Å². The zero-order chi connectivity index (χ0) is 21.7. The molecule has 0 aliphatic rings. The van der Waals surface area contributed by atoms with E-state index in [9.17, 15) is 18.4 Å². The van der Waals surface area contributed by atoms with Crippen molar-refractivity contribution in [1.29, 1.82) is 0 Å². The molecule has 3 aromatic rings. The monoisotopic (exact) mass is 409 g/mol. The Kier molecular flexibility index (Phi) is 6.41. The molecule has 2 N–H and O–H groups in total. The topological polar surface area (TPSA) is 61.4 Å². The molecule has 7 heteroatoms. The van der Waals surface area contributed by atoms with E-state index in [4.69, 9.17) is 0 Å². The van der Waals surface area contributed by atoms with Crippen molar-refractivity contribution in [3.05, 3.63) is 101 Å². The fourth-order valence-electron chi connectivity index (χ4n) is 2.88. The smallest absolute Gasteiger partial charge is 0.256 e. The molecule has 2 amide bonds. The van der Waals surface area contributed by atoms with E-state index in [-0.39, 0.29) is 11.1 Å². The van der Waals surface area contributed by atoms with Crippen molar-refractivity contribution in [3.63, 3.8) is 0 Å². The van der Waals surface area contributed by atoms with Crippen LogP contribution < -0.4 is 15.5 Å². The first-order valence-electron chi connectivity index (χ1n) is 9.25. The molecule has 0 saturated heterocycles. The predicted molar refractivity (Wildman–Crippen MR) is 111 cm³/mol. The first-order chi connectivity index (χ1) is 14.4. The largest absolute Gasteiger partial charge is 0.378 e. The van der Waals surface area contributed by atoms with Crippen LogP contribution >= 0.6 is 0 Å². The normalized spacial score (nSPS) is 10.6. The van der Waals surface area contributed by atoms with E-state index in [0.717, 1.165) is 5.69 Å². The summed E-state index contributed by atoms with van der Waals surface area (Å²) in [7, 11) is 3.76. The Morgan fingerprint density at radius 2 is 1.17 bits per heavy atom. The van der Waals surface area contributed by atoms with Crippen LogP contribution in [0.15, 0.2) is 72.8 Å². The van der Waals surface area contributed by atoms with E-state index in [0.29, 0.717) is 5.56 Å². The number of benzene rings is 3. The highest BCUT2D eigenvalue weighted by atomic mass is 19.1. The quantitative estimate of drug-likeness (QED) is 0.608. The molecule has 0 atom stereocenters. The third kappa shape index (κ3) is 4.81. The van der Waals surface area contributed by atoms with E-state index in [2.05, 4.69) is 10.6 Å². The van der Waals surface area contributed by atoms with Gasteiger partial charge in [-0.25, -0.2) is 8.78 Å². The summed E-state index contributed by atoms with van der Waals surface area (Å²) < 4.78 is 28.0. The van der Waals surface area contributed by atoms with E-state index in [1.54, 1.807) is 12.1 Å². The lowest BCUT2D eigenvalue weighted by Gasteiger charge is -2.22. The van der Waals surface area contributed by atoms with Gasteiger partial charge in [-0.2, -0.15) is 0 Å². The summed E-state index contributed by atoms with van der Waals surface area (Å²) in [6.45, 7) is 0. The van der Waals surface area contributed by atoms with Gasteiger partial charge in [0.05, 0.1) is 11.1 Å². The molecule has 0 aromatic heterocycles. The van der Waals surface area contributed by atoms with Crippen LogP contribution in [-0.4, -0.2) is 25.9 Å². The lowest BCUT2D eigenvalue weighted by atomic mass is 10.1. The summed E-state index contributed by atoms with van der Waals surface area (Å²) in [6.07, 6.45) is -1.000. The average molecular weight is 409 g/mol. The Labute approximate surface area is 173 Å². The van der Waals surface area contributed by atoms with Gasteiger partial charge in [-0.05, 0) is 42.0 Å². The second-order valence-electron chi connectivity index (χ2n) is 6.83. The number of carbonyl (C=O) groups excluding carboxylic acids is 2. The minimum Gasteiger partial charge on any atom is -0.378 e. The number of nitrogens with one attached hydrogen (secondary N) is 2. The Morgan fingerprint density at radius 3 is 1.57 bits per heavy atom. The van der Waals surface area contributed by atoms with Crippen LogP contribution in [0.25, 0.3) is 0 Å². The van der Waals surface area contributed by atoms with E-state index >= 15 is 0 Å². The molecule has 0 aliphatic heterocycles. The van der Waals surface area contributed by atoms with Crippen LogP contribution in [0.4, 0.5) is 14.5 Å². The van der Waals surface area contributed by atoms with Crippen LogP contribution in [0.5, 0.6) is 0 Å². The SMILES string of the molecule is CN(C)c1ccc(C(NC(=O)c2ccccc2F)NC(=O)c2ccccc2F)cc1. The average Bonchev–Trinajstić information content (AvgIpc) is 2.73. The summed E-state index contributed by atoms with van der Waals surface area (Å²) in [5, 5.41) is 5.22. The molecule has 0 heterocycles. The van der Waals surface area contributed by atoms with Crippen molar-refractivity contribution >= 4 is 17.5 Å². The van der Waals surface area contributed by atoms with Crippen LogP contribution in [0.2, 0.25) is 0 Å². The molecule has 0 radical (unpaired) electrons. The maximum absolute atomic E-state index is 14.0. The lowest BCUT2D eigenvalue weighted by Crippen LogP contribution is -2.41. The number of hydrogen-bond acceptors (Lipinski definition) is 3. The zero-order valence-corrected chi connectivity index (χ0v) is 16.5. The summed E-state index contributed by atoms with van der Waals surface area (Å²) >= 11 is 0. The van der Waals surface area contributed by atoms with Gasteiger partial charge in [-0.15, -0.1) is 0 Å². The first kappa shape index (κ1) is 21.0. The van der Waals surface area contributed by atoms with Gasteiger partial charge in [-0.1, -0.05) is 36.4 Å². The number of amides is 2. The van der Waals surface area contributed by atoms with E-state index < -0.39 is 29.6 Å². The Bertz CT molecular complexity index is 993. The van der Waals surface area contributed by atoms with Crippen LogP contribution in [0, 0.1) is 11.6 Å². The lowest BCUT2D eigenvalue weighted by molar-refractivity contribution is 0.0879. The maximum Gasteiger partial charge on any atom is 0.256 e. The maximum atomic E-state index is 14.0. The van der Waals surface area contributed by atoms with Gasteiger partial charge in [0.15, 0.2) is 0 Å². The highest BCUT2D eigenvalue weighted by molar-refractivity contribution is 5.97. The predicted octanol–water partition coefficient (Wildman–Crippen LogP) is 3.89. The van der Waals surface area contributed by atoms with Crippen molar-refractivity contribution in [3.8, 4) is 0 Å². The van der Waals surface area contributed by atoms with Gasteiger partial charge in [0.25, 0.3) is 11.8 Å². The van der Waals surface area contributed by atoms with E-state index in [1.807, 2.05) is 31.1 Å². The molecular weight excluding hydrogens is 388 g/mol. The number of hydrogen-bond donors (Lipinski definition) is 2. The molecule has 0 unspecified atom stereocenters. The van der Waals surface area contributed by atoms with Gasteiger partial charge in [0.1, 0.15) is 17.8 Å². The number of nitrogens with zero attached hydrogens (tertiary/aromatic N) is 1. The van der Waals surface area contributed by atoms with Crippen molar-refractivity contribution in [2.75, 3.05) is 19.0 Å².